The molecule has 10 heteroatoms. The predicted molar refractivity (Wildman–Crippen MR) is 159 cm³/mol. The maximum atomic E-state index is 13.1. The van der Waals surface area contributed by atoms with Crippen LogP contribution >= 0.6 is 0 Å². The molecule has 5 aliphatic rings. The van der Waals surface area contributed by atoms with Gasteiger partial charge in [-0.3, -0.25) is 9.59 Å². The Morgan fingerprint density at radius 1 is 1.16 bits per heavy atom. The Morgan fingerprint density at radius 2 is 1.88 bits per heavy atom. The van der Waals surface area contributed by atoms with Gasteiger partial charge in [-0.25, -0.2) is 4.79 Å². The molecular formula is C33H47N3O7. The average Bonchev–Trinajstić information content (AvgIpc) is 3.48. The second-order valence-electron chi connectivity index (χ2n) is 14.4. The van der Waals surface area contributed by atoms with Gasteiger partial charge in [0, 0.05) is 18.4 Å². The number of terminal acetylenes is 1. The van der Waals surface area contributed by atoms with Crippen molar-refractivity contribution >= 4 is 23.5 Å². The second-order valence-corrected chi connectivity index (χ2v) is 14.4. The van der Waals surface area contributed by atoms with Gasteiger partial charge in [0.05, 0.1) is 11.8 Å². The molecular weight excluding hydrogens is 550 g/mol. The molecule has 3 saturated carbocycles. The van der Waals surface area contributed by atoms with E-state index < -0.39 is 41.6 Å². The van der Waals surface area contributed by atoms with Gasteiger partial charge < -0.3 is 30.4 Å². The van der Waals surface area contributed by atoms with Gasteiger partial charge in [0.25, 0.3) is 5.91 Å². The standard InChI is InChI=1S/C33H47N3O7/c1-6-33(42)14-11-25-23-8-7-20-15-21(9-12-31(20,4)24(23)10-13-32(25,33)5)35-43-18-27(38)34-28(19(2)3)29(39)36-17-22(37)16-26(36)30(40)41/h1,15,19,22-26,28,37,42H,7-14,16-18H2,2-5H3,(H,34,38)(H,40,41)/b35-21-/t22-,23-,24-,25-,26-,28-,31+,32+,33-/m1/s1. The second kappa shape index (κ2) is 11.6. The molecule has 0 spiro atoms. The molecule has 0 aromatic rings. The van der Waals surface area contributed by atoms with Gasteiger partial charge in [0.15, 0.2) is 6.61 Å². The van der Waals surface area contributed by atoms with Crippen molar-refractivity contribution < 1.29 is 34.5 Å². The Morgan fingerprint density at radius 3 is 2.56 bits per heavy atom. The third kappa shape index (κ3) is 5.37. The Bertz CT molecular complexity index is 1260. The SMILES string of the molecule is C#C[C@@]1(O)CC[C@@H]2[C@@H]3CCC4=C/C(=N\OCC(=O)N[C@@H](C(=O)N5C[C@H](O)C[C@@H]5C(=O)O)C(C)C)CC[C@]4(C)[C@@H]3CC[C@@]21C. The fourth-order valence-electron chi connectivity index (χ4n) is 9.27. The highest BCUT2D eigenvalue weighted by Crippen LogP contribution is 2.67. The van der Waals surface area contributed by atoms with Crippen molar-refractivity contribution in [1.82, 2.24) is 10.2 Å². The van der Waals surface area contributed by atoms with Crippen molar-refractivity contribution in [3.05, 3.63) is 11.6 Å². The summed E-state index contributed by atoms with van der Waals surface area (Å²) in [4.78, 5) is 44.0. The summed E-state index contributed by atoms with van der Waals surface area (Å²) < 4.78 is 0. The van der Waals surface area contributed by atoms with E-state index in [1.54, 1.807) is 13.8 Å². The van der Waals surface area contributed by atoms with Gasteiger partial charge >= 0.3 is 5.97 Å². The zero-order valence-electron chi connectivity index (χ0n) is 25.8. The zero-order valence-corrected chi connectivity index (χ0v) is 25.8. The molecule has 0 radical (unpaired) electrons. The van der Waals surface area contributed by atoms with E-state index in [0.717, 1.165) is 55.6 Å². The molecule has 5 rings (SSSR count). The molecule has 4 N–H and O–H groups in total. The molecule has 1 heterocycles. The van der Waals surface area contributed by atoms with Crippen LogP contribution in [0.15, 0.2) is 16.8 Å². The molecule has 4 fully saturated rings. The quantitative estimate of drug-likeness (QED) is 0.261. The lowest BCUT2D eigenvalue weighted by Crippen LogP contribution is -2.54. The summed E-state index contributed by atoms with van der Waals surface area (Å²) in [5.41, 5.74) is 1.03. The Balaban J connectivity index is 1.19. The number of hydrogen-bond acceptors (Lipinski definition) is 7. The number of likely N-dealkylation sites (tertiary alicyclic amines) is 1. The molecule has 236 valence electrons. The highest BCUT2D eigenvalue weighted by molar-refractivity contribution is 5.96. The van der Waals surface area contributed by atoms with E-state index in [1.165, 1.54) is 5.57 Å². The first-order valence-electron chi connectivity index (χ1n) is 15.8. The van der Waals surface area contributed by atoms with Crippen LogP contribution in [0.25, 0.3) is 0 Å². The number of aliphatic hydroxyl groups excluding tert-OH is 1. The van der Waals surface area contributed by atoms with Gasteiger partial charge in [-0.05, 0) is 86.5 Å². The molecule has 0 aromatic heterocycles. The van der Waals surface area contributed by atoms with E-state index in [2.05, 4.69) is 36.3 Å². The number of amides is 2. The molecule has 2 amide bonds. The molecule has 1 saturated heterocycles. The molecule has 1 aliphatic heterocycles. The summed E-state index contributed by atoms with van der Waals surface area (Å²) in [5, 5.41) is 37.6. The number of β-amino-alcohol motifs (C(OH)–C–C–N with tert-alkyl or cyclic N) is 1. The number of rotatable bonds is 7. The maximum Gasteiger partial charge on any atom is 0.326 e. The first-order chi connectivity index (χ1) is 20.2. The number of aliphatic hydroxyl groups is 2. The predicted octanol–water partition coefficient (Wildman–Crippen LogP) is 2.87. The summed E-state index contributed by atoms with van der Waals surface area (Å²) in [7, 11) is 0. The van der Waals surface area contributed by atoms with Gasteiger partial charge in [0.2, 0.25) is 5.91 Å². The van der Waals surface area contributed by atoms with Crippen molar-refractivity contribution in [3.8, 4) is 12.3 Å². The minimum Gasteiger partial charge on any atom is -0.480 e. The Hall–Kier alpha value is -2.90. The Labute approximate surface area is 254 Å². The smallest absolute Gasteiger partial charge is 0.326 e. The van der Waals surface area contributed by atoms with Crippen LogP contribution in [-0.4, -0.2) is 80.7 Å². The fraction of sp³-hybridized carbons (Fsp3) is 0.758. The molecule has 43 heavy (non-hydrogen) atoms. The third-order valence-corrected chi connectivity index (χ3v) is 11.8. The first kappa shape index (κ1) is 31.5. The molecule has 9 atom stereocenters. The van der Waals surface area contributed by atoms with Crippen LogP contribution in [0, 0.1) is 46.8 Å². The van der Waals surface area contributed by atoms with Crippen molar-refractivity contribution in [3.63, 3.8) is 0 Å². The van der Waals surface area contributed by atoms with Crippen LogP contribution in [-0.2, 0) is 19.2 Å². The topological polar surface area (TPSA) is 149 Å². The van der Waals surface area contributed by atoms with E-state index in [1.807, 2.05) is 0 Å². The minimum atomic E-state index is -1.18. The number of carbonyl (C=O) groups excluding carboxylic acids is 2. The van der Waals surface area contributed by atoms with Crippen molar-refractivity contribution in [2.24, 2.45) is 39.7 Å². The lowest BCUT2D eigenvalue weighted by atomic mass is 9.46. The summed E-state index contributed by atoms with van der Waals surface area (Å²) in [6, 6.07) is -2.07. The number of carbonyl (C=O) groups is 3. The van der Waals surface area contributed by atoms with Crippen LogP contribution in [0.1, 0.15) is 85.5 Å². The van der Waals surface area contributed by atoms with Crippen molar-refractivity contribution in [2.75, 3.05) is 13.2 Å². The number of oxime groups is 1. The normalized spacial score (nSPS) is 40.1. The Kier molecular flexibility index (Phi) is 8.47. The first-order valence-corrected chi connectivity index (χ1v) is 15.8. The number of carboxylic acids is 1. The number of carboxylic acid groups (broad SMARTS) is 1. The van der Waals surface area contributed by atoms with Crippen molar-refractivity contribution in [2.45, 2.75) is 109 Å². The van der Waals surface area contributed by atoms with Crippen molar-refractivity contribution in [1.29, 1.82) is 0 Å². The number of nitrogens with one attached hydrogen (secondary N) is 1. The summed E-state index contributed by atoms with van der Waals surface area (Å²) in [6.45, 7) is 7.66. The summed E-state index contributed by atoms with van der Waals surface area (Å²) in [5.74, 6) is 1.75. The van der Waals surface area contributed by atoms with Crippen LogP contribution < -0.4 is 5.32 Å². The number of nitrogens with zero attached hydrogens (tertiary/aromatic N) is 2. The van der Waals surface area contributed by atoms with Gasteiger partial charge in [-0.15, -0.1) is 6.42 Å². The highest BCUT2D eigenvalue weighted by Gasteiger charge is 2.63. The molecule has 0 aromatic carbocycles. The van der Waals surface area contributed by atoms with E-state index in [9.17, 15) is 29.7 Å². The van der Waals surface area contributed by atoms with Crippen LogP contribution in [0.3, 0.4) is 0 Å². The number of fused-ring (bicyclic) bond motifs is 5. The van der Waals surface area contributed by atoms with Gasteiger partial charge in [-0.1, -0.05) is 44.3 Å². The number of hydrogen-bond donors (Lipinski definition) is 4. The molecule has 4 aliphatic carbocycles. The minimum absolute atomic E-state index is 0.0362. The van der Waals surface area contributed by atoms with Crippen LogP contribution in [0.4, 0.5) is 0 Å². The fourth-order valence-corrected chi connectivity index (χ4v) is 9.27. The molecule has 0 bridgehead atoms. The molecule has 10 nitrogen and oxygen atoms in total. The largest absolute Gasteiger partial charge is 0.480 e. The van der Waals surface area contributed by atoms with E-state index in [0.29, 0.717) is 24.2 Å². The maximum absolute atomic E-state index is 13.1. The zero-order chi connectivity index (χ0) is 31.3. The highest BCUT2D eigenvalue weighted by atomic mass is 16.6. The average molecular weight is 598 g/mol. The van der Waals surface area contributed by atoms with E-state index in [4.69, 9.17) is 11.3 Å². The monoisotopic (exact) mass is 597 g/mol. The number of allylic oxidation sites excluding steroid dienone is 2. The van der Waals surface area contributed by atoms with Gasteiger partial charge in [-0.2, -0.15) is 0 Å². The lowest BCUT2D eigenvalue weighted by molar-refractivity contribution is -0.150. The molecule has 0 unspecified atom stereocenters. The van der Waals surface area contributed by atoms with Gasteiger partial charge in [0.1, 0.15) is 17.7 Å². The summed E-state index contributed by atoms with van der Waals surface area (Å²) in [6.07, 6.45) is 14.4. The van der Waals surface area contributed by atoms with E-state index >= 15 is 0 Å². The number of aliphatic carboxylic acids is 1. The lowest BCUT2D eigenvalue weighted by Gasteiger charge is -2.58. The van der Waals surface area contributed by atoms with Crippen LogP contribution in [0.5, 0.6) is 0 Å². The third-order valence-electron chi connectivity index (χ3n) is 11.8. The summed E-state index contributed by atoms with van der Waals surface area (Å²) >= 11 is 0. The van der Waals surface area contributed by atoms with E-state index in [-0.39, 0.29) is 36.3 Å². The van der Waals surface area contributed by atoms with Crippen LogP contribution in [0.2, 0.25) is 0 Å².